The second-order valence-corrected chi connectivity index (χ2v) is 15.9. The van der Waals surface area contributed by atoms with Crippen molar-refractivity contribution in [3.63, 3.8) is 0 Å². The van der Waals surface area contributed by atoms with Gasteiger partial charge in [-0.05, 0) is 97.2 Å². The standard InChI is InChI=1S/C40H43ClFN7O3S/c1-44-38-34(42)21-32(22-35(38)43)53(50)47-52-36-8-7-30(20-37(36)51-31-19-27-10-14-45-39(27)46-24-31)49-17-15-48(16-18-49)25-28-9-13-40(11-2-12-40)23-33(28)26-3-5-29(41)6-4-26/h3-8,10,14,19-22,24,44,47H,2,9,11-13,15-18,23,25,43H2,1H3,(H,45,46). The number of piperazine rings is 1. The minimum Gasteiger partial charge on any atom is -0.452 e. The number of nitrogens with one attached hydrogen (secondary N) is 3. The SMILES string of the molecule is CNc1c(N)cc(S(=O)NOc2ccc(N3CCN(CC4=C(c5ccc(Cl)cc5)CC5(CCC5)CC4)CC3)cc2Oc2cnc3[nH]ccc3c2)cc1F. The van der Waals surface area contributed by atoms with E-state index in [1.54, 1.807) is 24.9 Å². The summed E-state index contributed by atoms with van der Waals surface area (Å²) >= 11 is 6.27. The number of aromatic amines is 1. The molecule has 1 atom stereocenters. The van der Waals surface area contributed by atoms with Crippen molar-refractivity contribution in [3.05, 3.63) is 101 Å². The molecule has 10 nitrogen and oxygen atoms in total. The van der Waals surface area contributed by atoms with Gasteiger partial charge in [0.25, 0.3) is 0 Å². The molecule has 1 unspecified atom stereocenters. The summed E-state index contributed by atoms with van der Waals surface area (Å²) in [6.45, 7) is 4.53. The van der Waals surface area contributed by atoms with Crippen LogP contribution in [0.5, 0.6) is 17.2 Å². The Kier molecular flexibility index (Phi) is 10.0. The van der Waals surface area contributed by atoms with Gasteiger partial charge in [0.2, 0.25) is 0 Å². The molecule has 2 fully saturated rings. The molecule has 3 aliphatic rings. The zero-order valence-electron chi connectivity index (χ0n) is 29.6. The zero-order chi connectivity index (χ0) is 36.5. The van der Waals surface area contributed by atoms with E-state index < -0.39 is 16.8 Å². The molecule has 5 N–H and O–H groups in total. The Bertz CT molecular complexity index is 2160. The lowest BCUT2D eigenvalue weighted by molar-refractivity contribution is 0.118. The van der Waals surface area contributed by atoms with Crippen molar-refractivity contribution < 1.29 is 18.2 Å². The summed E-state index contributed by atoms with van der Waals surface area (Å²) in [6.07, 6.45) is 11.1. The summed E-state index contributed by atoms with van der Waals surface area (Å²) in [7, 11) is -0.367. The van der Waals surface area contributed by atoms with Crippen LogP contribution in [0.4, 0.5) is 21.5 Å². The van der Waals surface area contributed by atoms with Gasteiger partial charge in [-0.25, -0.2) is 13.6 Å². The molecule has 53 heavy (non-hydrogen) atoms. The third-order valence-corrected chi connectivity index (χ3v) is 12.2. The number of nitrogens with two attached hydrogens (primary N) is 1. The quantitative estimate of drug-likeness (QED) is 0.0785. The number of hydrogen-bond acceptors (Lipinski definition) is 8. The van der Waals surface area contributed by atoms with Crippen LogP contribution in [0, 0.1) is 11.2 Å². The number of pyridine rings is 1. The molecule has 3 heterocycles. The normalized spacial score (nSPS) is 17.9. The number of benzene rings is 3. The van der Waals surface area contributed by atoms with Gasteiger partial charge in [0.05, 0.1) is 22.5 Å². The van der Waals surface area contributed by atoms with Crippen LogP contribution in [0.25, 0.3) is 16.6 Å². The van der Waals surface area contributed by atoms with Crippen LogP contribution in [0.15, 0.2) is 89.6 Å². The zero-order valence-corrected chi connectivity index (χ0v) is 31.2. The minimum atomic E-state index is -1.94. The van der Waals surface area contributed by atoms with Gasteiger partial charge in [0, 0.05) is 68.1 Å². The van der Waals surface area contributed by atoms with E-state index in [2.05, 4.69) is 42.1 Å². The molecule has 2 aromatic heterocycles. The van der Waals surface area contributed by atoms with Crippen LogP contribution in [-0.4, -0.2) is 58.8 Å². The van der Waals surface area contributed by atoms with Crippen molar-refractivity contribution in [2.75, 3.05) is 55.7 Å². The topological polar surface area (TPSA) is 121 Å². The molecule has 0 radical (unpaired) electrons. The molecular weight excluding hydrogens is 713 g/mol. The maximum Gasteiger partial charge on any atom is 0.191 e. The van der Waals surface area contributed by atoms with Crippen molar-refractivity contribution in [3.8, 4) is 17.2 Å². The molecule has 1 saturated carbocycles. The molecule has 8 rings (SSSR count). The highest BCUT2D eigenvalue weighted by molar-refractivity contribution is 7.83. The molecule has 276 valence electrons. The summed E-state index contributed by atoms with van der Waals surface area (Å²) in [6, 6.07) is 20.5. The van der Waals surface area contributed by atoms with E-state index in [0.29, 0.717) is 22.7 Å². The van der Waals surface area contributed by atoms with Gasteiger partial charge in [0.1, 0.15) is 17.2 Å². The number of anilines is 3. The maximum atomic E-state index is 14.5. The van der Waals surface area contributed by atoms with E-state index in [-0.39, 0.29) is 16.3 Å². The van der Waals surface area contributed by atoms with E-state index in [1.807, 2.05) is 42.6 Å². The van der Waals surface area contributed by atoms with Crippen molar-refractivity contribution in [1.29, 1.82) is 0 Å². The van der Waals surface area contributed by atoms with Gasteiger partial charge in [-0.1, -0.05) is 40.6 Å². The lowest BCUT2D eigenvalue weighted by Gasteiger charge is -2.47. The molecule has 3 aromatic carbocycles. The lowest BCUT2D eigenvalue weighted by atomic mass is 9.59. The number of ether oxygens (including phenoxy) is 1. The number of aromatic nitrogens is 2. The van der Waals surface area contributed by atoms with Crippen LogP contribution < -0.4 is 30.4 Å². The highest BCUT2D eigenvalue weighted by Gasteiger charge is 2.41. The molecule has 5 aromatic rings. The van der Waals surface area contributed by atoms with Crippen molar-refractivity contribution >= 4 is 56.3 Å². The van der Waals surface area contributed by atoms with Crippen molar-refractivity contribution in [2.45, 2.75) is 43.4 Å². The Balaban J connectivity index is 0.985. The Morgan fingerprint density at radius 2 is 1.83 bits per heavy atom. The van der Waals surface area contributed by atoms with Crippen LogP contribution in [0.1, 0.15) is 44.1 Å². The number of allylic oxidation sites excluding steroid dienone is 1. The third kappa shape index (κ3) is 7.59. The fraction of sp³-hybridized carbons (Fsp3) is 0.325. The largest absolute Gasteiger partial charge is 0.452 e. The molecule has 0 bridgehead atoms. The predicted molar refractivity (Wildman–Crippen MR) is 210 cm³/mol. The van der Waals surface area contributed by atoms with Gasteiger partial charge in [-0.15, -0.1) is 0 Å². The third-order valence-electron chi connectivity index (χ3n) is 11.0. The predicted octanol–water partition coefficient (Wildman–Crippen LogP) is 8.31. The molecule has 0 amide bonds. The fourth-order valence-electron chi connectivity index (χ4n) is 7.89. The summed E-state index contributed by atoms with van der Waals surface area (Å²) in [5.41, 5.74) is 12.9. The molecule has 1 saturated heterocycles. The summed E-state index contributed by atoms with van der Waals surface area (Å²) in [5, 5.41) is 4.38. The Morgan fingerprint density at radius 3 is 2.57 bits per heavy atom. The van der Waals surface area contributed by atoms with Crippen molar-refractivity contribution in [2.24, 2.45) is 5.41 Å². The van der Waals surface area contributed by atoms with Gasteiger partial charge < -0.3 is 30.5 Å². The van der Waals surface area contributed by atoms with Gasteiger partial charge in [-0.2, -0.15) is 0 Å². The maximum absolute atomic E-state index is 14.5. The van der Waals surface area contributed by atoms with E-state index in [9.17, 15) is 8.60 Å². The minimum absolute atomic E-state index is 0.130. The van der Waals surface area contributed by atoms with Gasteiger partial charge >= 0.3 is 0 Å². The second-order valence-electron chi connectivity index (χ2n) is 14.3. The molecule has 2 aliphatic carbocycles. The van der Waals surface area contributed by atoms with E-state index in [1.165, 1.54) is 49.3 Å². The summed E-state index contributed by atoms with van der Waals surface area (Å²) in [5.74, 6) is 0.618. The number of nitrogen functional groups attached to an aromatic ring is 1. The number of H-pyrrole nitrogens is 1. The molecule has 1 spiro atoms. The number of halogens is 2. The first-order valence-electron chi connectivity index (χ1n) is 18.1. The molecule has 13 heteroatoms. The Hall–Kier alpha value is -4.62. The number of nitrogens with zero attached hydrogens (tertiary/aromatic N) is 3. The van der Waals surface area contributed by atoms with E-state index in [0.717, 1.165) is 67.0 Å². The molecule has 1 aliphatic heterocycles. The summed E-state index contributed by atoms with van der Waals surface area (Å²) < 4.78 is 34.0. The first kappa shape index (κ1) is 35.4. The monoisotopic (exact) mass is 755 g/mol. The average molecular weight is 756 g/mol. The summed E-state index contributed by atoms with van der Waals surface area (Å²) in [4.78, 5) is 21.0. The Morgan fingerprint density at radius 1 is 1.02 bits per heavy atom. The number of rotatable bonds is 11. The van der Waals surface area contributed by atoms with E-state index in [4.69, 9.17) is 26.9 Å². The fourth-order valence-corrected chi connectivity index (χ4v) is 8.72. The van der Waals surface area contributed by atoms with Crippen LogP contribution in [-0.2, 0) is 11.0 Å². The second kappa shape index (κ2) is 15.0. The first-order chi connectivity index (χ1) is 25.8. The van der Waals surface area contributed by atoms with Crippen LogP contribution >= 0.6 is 11.6 Å². The highest BCUT2D eigenvalue weighted by atomic mass is 35.5. The van der Waals surface area contributed by atoms with Gasteiger partial charge in [-0.3, -0.25) is 4.90 Å². The average Bonchev–Trinajstić information content (AvgIpc) is 3.62. The first-order valence-corrected chi connectivity index (χ1v) is 19.6. The Labute approximate surface area is 316 Å². The van der Waals surface area contributed by atoms with Crippen molar-refractivity contribution in [1.82, 2.24) is 19.8 Å². The smallest absolute Gasteiger partial charge is 0.191 e. The van der Waals surface area contributed by atoms with E-state index >= 15 is 0 Å². The number of hydrogen-bond donors (Lipinski definition) is 4. The molecular formula is C40H43ClFN7O3S. The van der Waals surface area contributed by atoms with Crippen LogP contribution in [0.2, 0.25) is 5.02 Å². The number of fused-ring (bicyclic) bond motifs is 1. The highest BCUT2D eigenvalue weighted by Crippen LogP contribution is 2.55. The van der Waals surface area contributed by atoms with Gasteiger partial charge in [0.15, 0.2) is 22.5 Å². The van der Waals surface area contributed by atoms with Crippen LogP contribution in [0.3, 0.4) is 0 Å². The lowest BCUT2D eigenvalue weighted by Crippen LogP contribution is -2.47.